The highest BCUT2D eigenvalue weighted by molar-refractivity contribution is 7.89. The predicted molar refractivity (Wildman–Crippen MR) is 73.5 cm³/mol. The van der Waals surface area contributed by atoms with Crippen molar-refractivity contribution in [2.24, 2.45) is 11.7 Å². The van der Waals surface area contributed by atoms with Crippen LogP contribution in [0.15, 0.2) is 23.1 Å². The lowest BCUT2D eigenvalue weighted by Gasteiger charge is -2.19. The maximum Gasteiger partial charge on any atom is 0.240 e. The fourth-order valence-electron chi connectivity index (χ4n) is 2.55. The average molecular weight is 302 g/mol. The first-order valence-electron chi connectivity index (χ1n) is 6.54. The van der Waals surface area contributed by atoms with Crippen molar-refractivity contribution in [3.05, 3.63) is 24.0 Å². The Balaban J connectivity index is 2.22. The van der Waals surface area contributed by atoms with E-state index in [0.29, 0.717) is 6.54 Å². The molecule has 0 aromatic heterocycles. The van der Waals surface area contributed by atoms with Crippen molar-refractivity contribution >= 4 is 10.0 Å². The van der Waals surface area contributed by atoms with Gasteiger partial charge in [0.05, 0.1) is 12.0 Å². The van der Waals surface area contributed by atoms with Crippen LogP contribution in [0.25, 0.3) is 0 Å². The molecule has 0 heterocycles. The first-order valence-corrected chi connectivity index (χ1v) is 8.02. The third kappa shape index (κ3) is 3.11. The minimum Gasteiger partial charge on any atom is -0.494 e. The summed E-state index contributed by atoms with van der Waals surface area (Å²) < 4.78 is 45.4. The quantitative estimate of drug-likeness (QED) is 0.857. The monoisotopic (exact) mass is 302 g/mol. The summed E-state index contributed by atoms with van der Waals surface area (Å²) in [5.74, 6) is -0.519. The normalized spacial score (nSPS) is 22.9. The Morgan fingerprint density at radius 3 is 2.85 bits per heavy atom. The zero-order valence-electron chi connectivity index (χ0n) is 11.3. The maximum absolute atomic E-state index is 13.3. The Kier molecular flexibility index (Phi) is 4.62. The molecule has 7 heteroatoms. The molecule has 1 saturated carbocycles. The first kappa shape index (κ1) is 15.2. The molecule has 1 fully saturated rings. The molecule has 1 aliphatic carbocycles. The number of hydrogen-bond donors (Lipinski definition) is 2. The predicted octanol–water partition coefficient (Wildman–Crippen LogP) is 1.24. The van der Waals surface area contributed by atoms with Crippen LogP contribution < -0.4 is 15.2 Å². The van der Waals surface area contributed by atoms with Gasteiger partial charge in [-0.05, 0) is 37.4 Å². The average Bonchev–Trinajstić information content (AvgIpc) is 2.85. The molecule has 0 aliphatic heterocycles. The van der Waals surface area contributed by atoms with Gasteiger partial charge >= 0.3 is 0 Å². The lowest BCUT2D eigenvalue weighted by Crippen LogP contribution is -2.39. The molecule has 2 unspecified atom stereocenters. The molecule has 0 amide bonds. The Morgan fingerprint density at radius 1 is 1.45 bits per heavy atom. The van der Waals surface area contributed by atoms with E-state index in [4.69, 9.17) is 10.5 Å². The summed E-state index contributed by atoms with van der Waals surface area (Å²) in [6.45, 7) is 0.458. The van der Waals surface area contributed by atoms with E-state index in [9.17, 15) is 12.8 Å². The molecule has 0 spiro atoms. The third-order valence-corrected chi connectivity index (χ3v) is 5.19. The molecule has 112 valence electrons. The molecule has 20 heavy (non-hydrogen) atoms. The summed E-state index contributed by atoms with van der Waals surface area (Å²) in [7, 11) is -2.39. The number of benzene rings is 1. The zero-order chi connectivity index (χ0) is 14.8. The number of sulfonamides is 1. The fraction of sp³-hybridized carbons (Fsp3) is 0.538. The molecule has 2 rings (SSSR count). The molecule has 0 saturated heterocycles. The second-order valence-electron chi connectivity index (χ2n) is 4.95. The van der Waals surface area contributed by atoms with Gasteiger partial charge in [0.25, 0.3) is 0 Å². The number of ether oxygens (including phenoxy) is 1. The summed E-state index contributed by atoms with van der Waals surface area (Å²) >= 11 is 0. The van der Waals surface area contributed by atoms with E-state index in [-0.39, 0.29) is 22.6 Å². The summed E-state index contributed by atoms with van der Waals surface area (Å²) in [6, 6.07) is 3.35. The third-order valence-electron chi connectivity index (χ3n) is 3.70. The standard InChI is InChI=1S/C13H19FN2O3S/c1-19-13-7-10(5-6-11(13)14)20(17,18)16-12-4-2-3-9(12)8-15/h5-7,9,12,16H,2-4,8,15H2,1H3. The number of rotatable bonds is 5. The summed E-state index contributed by atoms with van der Waals surface area (Å²) in [4.78, 5) is -0.00146. The maximum atomic E-state index is 13.3. The van der Waals surface area contributed by atoms with Gasteiger partial charge in [-0.25, -0.2) is 17.5 Å². The van der Waals surface area contributed by atoms with Gasteiger partial charge in [0.1, 0.15) is 0 Å². The van der Waals surface area contributed by atoms with E-state index in [1.54, 1.807) is 0 Å². The van der Waals surface area contributed by atoms with Gasteiger partial charge in [-0.3, -0.25) is 0 Å². The number of methoxy groups -OCH3 is 1. The van der Waals surface area contributed by atoms with Crippen molar-refractivity contribution in [1.29, 1.82) is 0 Å². The van der Waals surface area contributed by atoms with Gasteiger partial charge in [0, 0.05) is 12.1 Å². The van der Waals surface area contributed by atoms with Crippen LogP contribution in [0.4, 0.5) is 4.39 Å². The molecular formula is C13H19FN2O3S. The molecule has 0 bridgehead atoms. The lowest BCUT2D eigenvalue weighted by atomic mass is 10.1. The number of hydrogen-bond acceptors (Lipinski definition) is 4. The van der Waals surface area contributed by atoms with Crippen LogP contribution in [-0.4, -0.2) is 28.1 Å². The van der Waals surface area contributed by atoms with Crippen LogP contribution in [-0.2, 0) is 10.0 Å². The van der Waals surface area contributed by atoms with E-state index < -0.39 is 15.8 Å². The Hall–Kier alpha value is -1.18. The molecule has 5 nitrogen and oxygen atoms in total. The second-order valence-corrected chi connectivity index (χ2v) is 6.66. The van der Waals surface area contributed by atoms with Crippen molar-refractivity contribution < 1.29 is 17.5 Å². The van der Waals surface area contributed by atoms with Gasteiger partial charge in [-0.1, -0.05) is 6.42 Å². The fourth-order valence-corrected chi connectivity index (χ4v) is 3.90. The molecule has 1 aromatic carbocycles. The van der Waals surface area contributed by atoms with Crippen molar-refractivity contribution in [2.45, 2.75) is 30.2 Å². The summed E-state index contributed by atoms with van der Waals surface area (Å²) in [5.41, 5.74) is 5.64. The van der Waals surface area contributed by atoms with Gasteiger partial charge < -0.3 is 10.5 Å². The van der Waals surface area contributed by atoms with E-state index in [2.05, 4.69) is 4.72 Å². The van der Waals surface area contributed by atoms with Gasteiger partial charge in [-0.15, -0.1) is 0 Å². The van der Waals surface area contributed by atoms with Crippen LogP contribution >= 0.6 is 0 Å². The lowest BCUT2D eigenvalue weighted by molar-refractivity contribution is 0.385. The minimum absolute atomic E-state index is 0.00146. The molecule has 3 N–H and O–H groups in total. The molecule has 0 radical (unpaired) electrons. The van der Waals surface area contributed by atoms with Gasteiger partial charge in [0.15, 0.2) is 11.6 Å². The Morgan fingerprint density at radius 2 is 2.20 bits per heavy atom. The van der Waals surface area contributed by atoms with Crippen molar-refractivity contribution in [3.63, 3.8) is 0 Å². The highest BCUT2D eigenvalue weighted by atomic mass is 32.2. The number of nitrogens with one attached hydrogen (secondary N) is 1. The molecular weight excluding hydrogens is 283 g/mol. The minimum atomic E-state index is -3.69. The van der Waals surface area contributed by atoms with Gasteiger partial charge in [-0.2, -0.15) is 0 Å². The van der Waals surface area contributed by atoms with Crippen molar-refractivity contribution in [2.75, 3.05) is 13.7 Å². The first-order chi connectivity index (χ1) is 9.47. The van der Waals surface area contributed by atoms with E-state index in [0.717, 1.165) is 25.3 Å². The zero-order valence-corrected chi connectivity index (χ0v) is 12.1. The van der Waals surface area contributed by atoms with E-state index >= 15 is 0 Å². The summed E-state index contributed by atoms with van der Waals surface area (Å²) in [5, 5.41) is 0. The highest BCUT2D eigenvalue weighted by Crippen LogP contribution is 2.27. The van der Waals surface area contributed by atoms with Crippen LogP contribution in [0.2, 0.25) is 0 Å². The Labute approximate surface area is 118 Å². The molecule has 1 aliphatic rings. The van der Waals surface area contributed by atoms with Crippen LogP contribution in [0.1, 0.15) is 19.3 Å². The number of nitrogens with two attached hydrogens (primary N) is 1. The van der Waals surface area contributed by atoms with Crippen LogP contribution in [0.5, 0.6) is 5.75 Å². The van der Waals surface area contributed by atoms with E-state index in [1.807, 2.05) is 0 Å². The Bertz CT molecular complexity index is 577. The topological polar surface area (TPSA) is 81.4 Å². The van der Waals surface area contributed by atoms with Crippen LogP contribution in [0, 0.1) is 11.7 Å². The van der Waals surface area contributed by atoms with E-state index in [1.165, 1.54) is 19.2 Å². The SMILES string of the molecule is COc1cc(S(=O)(=O)NC2CCCC2CN)ccc1F. The molecule has 2 atom stereocenters. The van der Waals surface area contributed by atoms with Gasteiger partial charge in [0.2, 0.25) is 10.0 Å². The van der Waals surface area contributed by atoms with Crippen molar-refractivity contribution in [3.8, 4) is 5.75 Å². The van der Waals surface area contributed by atoms with Crippen LogP contribution in [0.3, 0.4) is 0 Å². The van der Waals surface area contributed by atoms with Crippen molar-refractivity contribution in [1.82, 2.24) is 4.72 Å². The largest absolute Gasteiger partial charge is 0.494 e. The number of halogens is 1. The summed E-state index contributed by atoms with van der Waals surface area (Å²) in [6.07, 6.45) is 2.66. The second kappa shape index (κ2) is 6.07. The molecule has 1 aromatic rings. The highest BCUT2D eigenvalue weighted by Gasteiger charge is 2.30. The smallest absolute Gasteiger partial charge is 0.240 e.